The second-order valence-electron chi connectivity index (χ2n) is 4.24. The van der Waals surface area contributed by atoms with E-state index < -0.39 is 17.9 Å². The molecule has 1 aromatic carbocycles. The molecule has 0 radical (unpaired) electrons. The lowest BCUT2D eigenvalue weighted by atomic mass is 9.86. The molecule has 18 heavy (non-hydrogen) atoms. The fraction of sp³-hybridized carbons (Fsp3) is 0.308. The highest BCUT2D eigenvalue weighted by molar-refractivity contribution is 5.97. The fourth-order valence-electron chi connectivity index (χ4n) is 2.29. The van der Waals surface area contributed by atoms with Crippen molar-refractivity contribution in [3.63, 3.8) is 0 Å². The maximum atomic E-state index is 12.0. The van der Waals surface area contributed by atoms with Gasteiger partial charge in [0, 0.05) is 6.54 Å². The molecule has 0 bridgehead atoms. The van der Waals surface area contributed by atoms with Crippen molar-refractivity contribution in [3.05, 3.63) is 35.9 Å². The van der Waals surface area contributed by atoms with Crippen LogP contribution in [0.25, 0.3) is 0 Å². The van der Waals surface area contributed by atoms with E-state index in [0.717, 1.165) is 10.5 Å². The molecule has 2 atom stereocenters. The van der Waals surface area contributed by atoms with E-state index in [1.54, 1.807) is 0 Å². The molecule has 3 amide bonds. The summed E-state index contributed by atoms with van der Waals surface area (Å²) in [6.07, 6.45) is 0.481. The average Bonchev–Trinajstić information content (AvgIpc) is 2.74. The van der Waals surface area contributed by atoms with Gasteiger partial charge in [-0.05, 0) is 12.0 Å². The van der Waals surface area contributed by atoms with Crippen LogP contribution in [-0.4, -0.2) is 23.4 Å². The van der Waals surface area contributed by atoms with Crippen molar-refractivity contribution in [2.45, 2.75) is 12.3 Å². The highest BCUT2D eigenvalue weighted by atomic mass is 16.2. The summed E-state index contributed by atoms with van der Waals surface area (Å²) in [7, 11) is 0. The minimum absolute atomic E-state index is 0.295. The minimum atomic E-state index is -0.743. The quantitative estimate of drug-likeness (QED) is 0.847. The van der Waals surface area contributed by atoms with Crippen LogP contribution < -0.4 is 5.73 Å². The zero-order valence-corrected chi connectivity index (χ0v) is 9.74. The topological polar surface area (TPSA) is 87.2 Å². The smallest absolute Gasteiger partial charge is 0.321 e. The Bertz CT molecular complexity index is 507. The third kappa shape index (κ3) is 2.05. The molecular weight excluding hydrogens is 230 g/mol. The lowest BCUT2D eigenvalue weighted by molar-refractivity contribution is -0.128. The van der Waals surface area contributed by atoms with Gasteiger partial charge in [-0.2, -0.15) is 5.26 Å². The Labute approximate surface area is 105 Å². The number of primary amides is 1. The van der Waals surface area contributed by atoms with Gasteiger partial charge in [-0.15, -0.1) is 0 Å². The van der Waals surface area contributed by atoms with Crippen molar-refractivity contribution in [3.8, 4) is 6.07 Å². The normalized spacial score (nSPS) is 20.5. The van der Waals surface area contributed by atoms with Crippen LogP contribution in [0.4, 0.5) is 4.79 Å². The zero-order chi connectivity index (χ0) is 13.1. The Balaban J connectivity index is 2.24. The van der Waals surface area contributed by atoms with Gasteiger partial charge in [-0.1, -0.05) is 30.3 Å². The van der Waals surface area contributed by atoms with E-state index in [1.165, 1.54) is 0 Å². The first-order valence-electron chi connectivity index (χ1n) is 5.70. The lowest BCUT2D eigenvalue weighted by Crippen LogP contribution is -2.38. The molecule has 2 unspecified atom stereocenters. The molecule has 1 fully saturated rings. The zero-order valence-electron chi connectivity index (χ0n) is 9.74. The summed E-state index contributed by atoms with van der Waals surface area (Å²) in [5.41, 5.74) is 5.91. The van der Waals surface area contributed by atoms with Gasteiger partial charge in [0.05, 0.1) is 17.9 Å². The number of nitriles is 1. The van der Waals surface area contributed by atoms with Gasteiger partial charge in [0.1, 0.15) is 0 Å². The fourth-order valence-corrected chi connectivity index (χ4v) is 2.29. The molecule has 1 aliphatic rings. The SMILES string of the molecule is N#CC(c1ccccc1)C1CCN(C(N)=O)C1=O. The Morgan fingerprint density at radius 1 is 1.44 bits per heavy atom. The van der Waals surface area contributed by atoms with E-state index in [9.17, 15) is 14.9 Å². The largest absolute Gasteiger partial charge is 0.351 e. The van der Waals surface area contributed by atoms with Crippen molar-refractivity contribution >= 4 is 11.9 Å². The van der Waals surface area contributed by atoms with E-state index in [1.807, 2.05) is 30.3 Å². The van der Waals surface area contributed by atoms with Crippen LogP contribution in [-0.2, 0) is 4.79 Å². The summed E-state index contributed by atoms with van der Waals surface area (Å²) in [5, 5.41) is 9.25. The predicted molar refractivity (Wildman–Crippen MR) is 64.2 cm³/mol. The van der Waals surface area contributed by atoms with Gasteiger partial charge in [0.25, 0.3) is 0 Å². The van der Waals surface area contributed by atoms with Crippen molar-refractivity contribution in [1.29, 1.82) is 5.26 Å². The molecule has 2 rings (SSSR count). The first-order chi connectivity index (χ1) is 8.65. The van der Waals surface area contributed by atoms with Crippen molar-refractivity contribution < 1.29 is 9.59 Å². The molecule has 1 heterocycles. The number of nitrogens with two attached hydrogens (primary N) is 1. The highest BCUT2D eigenvalue weighted by Gasteiger charge is 2.40. The van der Waals surface area contributed by atoms with Crippen LogP contribution in [0.15, 0.2) is 30.3 Å². The number of benzene rings is 1. The maximum Gasteiger partial charge on any atom is 0.321 e. The van der Waals surface area contributed by atoms with Gasteiger partial charge in [0.15, 0.2) is 0 Å². The van der Waals surface area contributed by atoms with Crippen LogP contribution in [0.1, 0.15) is 17.9 Å². The van der Waals surface area contributed by atoms with Gasteiger partial charge >= 0.3 is 6.03 Å². The van der Waals surface area contributed by atoms with Crippen molar-refractivity contribution in [2.75, 3.05) is 6.54 Å². The van der Waals surface area contributed by atoms with Gasteiger partial charge in [-0.3, -0.25) is 9.69 Å². The van der Waals surface area contributed by atoms with E-state index >= 15 is 0 Å². The minimum Gasteiger partial charge on any atom is -0.351 e. The molecule has 0 aliphatic carbocycles. The first-order valence-corrected chi connectivity index (χ1v) is 5.70. The number of hydrogen-bond donors (Lipinski definition) is 1. The summed E-state index contributed by atoms with van der Waals surface area (Å²) in [5.74, 6) is -1.36. The number of carbonyl (C=O) groups excluding carboxylic acids is 2. The van der Waals surface area contributed by atoms with Gasteiger partial charge in [-0.25, -0.2) is 4.79 Å². The Morgan fingerprint density at radius 3 is 2.61 bits per heavy atom. The Kier molecular flexibility index (Phi) is 3.28. The van der Waals surface area contributed by atoms with Crippen molar-refractivity contribution in [1.82, 2.24) is 4.90 Å². The predicted octanol–water partition coefficient (Wildman–Crippen LogP) is 1.22. The number of hydrogen-bond acceptors (Lipinski definition) is 3. The van der Waals surface area contributed by atoms with E-state index in [2.05, 4.69) is 6.07 Å². The Hall–Kier alpha value is -2.35. The van der Waals surface area contributed by atoms with E-state index in [4.69, 9.17) is 5.73 Å². The maximum absolute atomic E-state index is 12.0. The second kappa shape index (κ2) is 4.88. The molecule has 1 saturated heterocycles. The van der Waals surface area contributed by atoms with Gasteiger partial charge in [0.2, 0.25) is 5.91 Å². The van der Waals surface area contributed by atoms with Crippen molar-refractivity contribution in [2.24, 2.45) is 11.7 Å². The molecule has 2 N–H and O–H groups in total. The highest BCUT2D eigenvalue weighted by Crippen LogP contribution is 2.32. The lowest BCUT2D eigenvalue weighted by Gasteiger charge is -2.16. The number of nitrogens with zero attached hydrogens (tertiary/aromatic N) is 2. The average molecular weight is 243 g/mol. The second-order valence-corrected chi connectivity index (χ2v) is 4.24. The monoisotopic (exact) mass is 243 g/mol. The standard InChI is InChI=1S/C13H13N3O2/c14-8-11(9-4-2-1-3-5-9)10-6-7-16(12(10)17)13(15)18/h1-5,10-11H,6-7H2,(H2,15,18). The molecule has 5 nitrogen and oxygen atoms in total. The van der Waals surface area contributed by atoms with Crippen LogP contribution in [0, 0.1) is 17.2 Å². The molecule has 0 aromatic heterocycles. The third-order valence-electron chi connectivity index (χ3n) is 3.21. The first kappa shape index (κ1) is 12.1. The molecule has 92 valence electrons. The number of imide groups is 1. The number of rotatable bonds is 2. The summed E-state index contributed by atoms with van der Waals surface area (Å²) in [4.78, 5) is 24.1. The van der Waals surface area contributed by atoms with E-state index in [-0.39, 0.29) is 5.91 Å². The third-order valence-corrected chi connectivity index (χ3v) is 3.21. The molecule has 5 heteroatoms. The van der Waals surface area contributed by atoms with Gasteiger partial charge < -0.3 is 5.73 Å². The summed E-state index contributed by atoms with van der Waals surface area (Å²) in [6, 6.07) is 10.5. The molecule has 1 aromatic rings. The van der Waals surface area contributed by atoms with E-state index in [0.29, 0.717) is 13.0 Å². The molecule has 1 aliphatic heterocycles. The van der Waals surface area contributed by atoms with Crippen LogP contribution >= 0.6 is 0 Å². The summed E-state index contributed by atoms with van der Waals surface area (Å²) in [6.45, 7) is 0.295. The van der Waals surface area contributed by atoms with Crippen LogP contribution in [0.2, 0.25) is 0 Å². The summed E-state index contributed by atoms with van der Waals surface area (Å²) < 4.78 is 0. The Morgan fingerprint density at radius 2 is 2.11 bits per heavy atom. The van der Waals surface area contributed by atoms with Crippen LogP contribution in [0.5, 0.6) is 0 Å². The number of likely N-dealkylation sites (tertiary alicyclic amines) is 1. The number of urea groups is 1. The number of carbonyl (C=O) groups is 2. The molecular formula is C13H13N3O2. The number of amides is 3. The summed E-state index contributed by atoms with van der Waals surface area (Å²) >= 11 is 0. The molecule has 0 spiro atoms. The van der Waals surface area contributed by atoms with Crippen LogP contribution in [0.3, 0.4) is 0 Å². The molecule has 0 saturated carbocycles.